The number of hydrogen-bond acceptors (Lipinski definition) is 5. The van der Waals surface area contributed by atoms with Crippen molar-refractivity contribution in [3.63, 3.8) is 0 Å². The summed E-state index contributed by atoms with van der Waals surface area (Å²) < 4.78 is 22.1. The molecule has 7 nitrogen and oxygen atoms in total. The molecular weight excluding hydrogens is 461 g/mol. The van der Waals surface area contributed by atoms with Gasteiger partial charge in [-0.05, 0) is 38.0 Å². The lowest BCUT2D eigenvalue weighted by atomic mass is 10.2. The van der Waals surface area contributed by atoms with Gasteiger partial charge in [-0.25, -0.2) is 0 Å². The Bertz CT molecular complexity index is 580. The highest BCUT2D eigenvalue weighted by atomic mass is 127. The number of nitrogens with one attached hydrogen (secondary N) is 2. The Morgan fingerprint density at radius 3 is 2.81 bits per heavy atom. The number of ether oxygens (including phenoxy) is 4. The molecule has 1 fully saturated rings. The van der Waals surface area contributed by atoms with E-state index in [0.717, 1.165) is 36.0 Å². The third-order valence-corrected chi connectivity index (χ3v) is 4.06. The first-order valence-corrected chi connectivity index (χ1v) is 9.12. The van der Waals surface area contributed by atoms with E-state index in [1.54, 1.807) is 14.2 Å². The zero-order valence-corrected chi connectivity index (χ0v) is 18.9. The molecule has 1 aliphatic heterocycles. The molecule has 2 atom stereocenters. The van der Waals surface area contributed by atoms with Gasteiger partial charge in [-0.3, -0.25) is 4.99 Å². The van der Waals surface area contributed by atoms with Crippen LogP contribution in [-0.4, -0.2) is 58.7 Å². The van der Waals surface area contributed by atoms with Crippen LogP contribution in [0.15, 0.2) is 23.2 Å². The molecular formula is C19H32IN3O4. The second kappa shape index (κ2) is 13.0. The summed E-state index contributed by atoms with van der Waals surface area (Å²) in [6.07, 6.45) is 1.18. The van der Waals surface area contributed by atoms with Crippen LogP contribution in [0.5, 0.6) is 11.5 Å². The topological polar surface area (TPSA) is 73.3 Å². The van der Waals surface area contributed by atoms with Crippen LogP contribution in [0.4, 0.5) is 0 Å². The van der Waals surface area contributed by atoms with Crippen LogP contribution in [0.25, 0.3) is 0 Å². The van der Waals surface area contributed by atoms with E-state index in [0.29, 0.717) is 26.4 Å². The van der Waals surface area contributed by atoms with Gasteiger partial charge in [0, 0.05) is 26.2 Å². The summed E-state index contributed by atoms with van der Waals surface area (Å²) in [7, 11) is 3.40. The molecule has 2 N–H and O–H groups in total. The zero-order chi connectivity index (χ0) is 18.8. The van der Waals surface area contributed by atoms with Crippen molar-refractivity contribution in [2.75, 3.05) is 40.6 Å². The number of hydrogen-bond donors (Lipinski definition) is 2. The maximum absolute atomic E-state index is 5.84. The van der Waals surface area contributed by atoms with E-state index < -0.39 is 0 Å². The van der Waals surface area contributed by atoms with Crippen molar-refractivity contribution in [1.82, 2.24) is 10.6 Å². The van der Waals surface area contributed by atoms with Crippen molar-refractivity contribution >= 4 is 29.9 Å². The van der Waals surface area contributed by atoms with Gasteiger partial charge in [-0.1, -0.05) is 6.07 Å². The summed E-state index contributed by atoms with van der Waals surface area (Å²) in [5.41, 5.74) is 1.09. The first-order valence-electron chi connectivity index (χ1n) is 9.12. The minimum absolute atomic E-state index is 0. The fourth-order valence-electron chi connectivity index (χ4n) is 2.68. The summed E-state index contributed by atoms with van der Waals surface area (Å²) in [5.74, 6) is 2.22. The molecule has 1 saturated heterocycles. The fourth-order valence-corrected chi connectivity index (χ4v) is 2.68. The number of methoxy groups -OCH3 is 1. The molecule has 27 heavy (non-hydrogen) atoms. The Morgan fingerprint density at radius 1 is 1.37 bits per heavy atom. The third kappa shape index (κ3) is 8.10. The molecule has 2 rings (SSSR count). The molecule has 1 aromatic carbocycles. The van der Waals surface area contributed by atoms with E-state index in [1.807, 2.05) is 25.1 Å². The SMILES string of the molecule is CCOc1cc(CNC(=NC)NC(C)COC2CCOC2)ccc1OC.I. The molecule has 154 valence electrons. The molecule has 0 amide bonds. The summed E-state index contributed by atoms with van der Waals surface area (Å²) in [6, 6.07) is 6.05. The maximum atomic E-state index is 5.84. The van der Waals surface area contributed by atoms with Gasteiger partial charge >= 0.3 is 0 Å². The Balaban J connectivity index is 0.00000364. The fraction of sp³-hybridized carbons (Fsp3) is 0.632. The second-order valence-electron chi connectivity index (χ2n) is 6.21. The molecule has 2 unspecified atom stereocenters. The van der Waals surface area contributed by atoms with Crippen LogP contribution in [0.2, 0.25) is 0 Å². The van der Waals surface area contributed by atoms with Crippen LogP contribution in [0.1, 0.15) is 25.8 Å². The monoisotopic (exact) mass is 493 g/mol. The Hall–Kier alpha value is -1.26. The summed E-state index contributed by atoms with van der Waals surface area (Å²) in [5, 5.41) is 6.65. The van der Waals surface area contributed by atoms with Crippen LogP contribution in [0, 0.1) is 0 Å². The van der Waals surface area contributed by atoms with Gasteiger partial charge in [-0.15, -0.1) is 24.0 Å². The standard InChI is InChI=1S/C19H31N3O4.HI/c1-5-25-18-10-15(6-7-17(18)23-4)11-21-19(20-3)22-14(2)12-26-16-8-9-24-13-16;/h6-7,10,14,16H,5,8-9,11-13H2,1-4H3,(H2,20,21,22);1H. The summed E-state index contributed by atoms with van der Waals surface area (Å²) in [6.45, 7) is 7.36. The summed E-state index contributed by atoms with van der Waals surface area (Å²) in [4.78, 5) is 4.27. The largest absolute Gasteiger partial charge is 0.493 e. The molecule has 0 aliphatic carbocycles. The number of aliphatic imine (C=N–C) groups is 1. The number of halogens is 1. The molecule has 1 aliphatic rings. The first-order chi connectivity index (χ1) is 12.7. The minimum Gasteiger partial charge on any atom is -0.493 e. The van der Waals surface area contributed by atoms with Gasteiger partial charge in [0.05, 0.1) is 33.0 Å². The summed E-state index contributed by atoms with van der Waals surface area (Å²) >= 11 is 0. The molecule has 0 spiro atoms. The average Bonchev–Trinajstić information content (AvgIpc) is 3.17. The Labute approximate surface area is 179 Å². The van der Waals surface area contributed by atoms with E-state index in [2.05, 4.69) is 22.5 Å². The molecule has 1 heterocycles. The van der Waals surface area contributed by atoms with E-state index in [1.165, 1.54) is 0 Å². The van der Waals surface area contributed by atoms with Crippen molar-refractivity contribution in [1.29, 1.82) is 0 Å². The third-order valence-electron chi connectivity index (χ3n) is 4.06. The molecule has 0 aromatic heterocycles. The van der Waals surface area contributed by atoms with Crippen LogP contribution < -0.4 is 20.1 Å². The maximum Gasteiger partial charge on any atom is 0.191 e. The Kier molecular flexibility index (Phi) is 11.5. The van der Waals surface area contributed by atoms with Crippen molar-refractivity contribution in [2.45, 2.75) is 39.0 Å². The normalized spacial score (nSPS) is 17.8. The van der Waals surface area contributed by atoms with E-state index >= 15 is 0 Å². The van der Waals surface area contributed by atoms with Gasteiger partial charge in [-0.2, -0.15) is 0 Å². The highest BCUT2D eigenvalue weighted by Gasteiger charge is 2.17. The number of guanidine groups is 1. The molecule has 1 aromatic rings. The van der Waals surface area contributed by atoms with E-state index in [4.69, 9.17) is 18.9 Å². The number of nitrogens with zero attached hydrogens (tertiary/aromatic N) is 1. The smallest absolute Gasteiger partial charge is 0.191 e. The van der Waals surface area contributed by atoms with Gasteiger partial charge in [0.25, 0.3) is 0 Å². The highest BCUT2D eigenvalue weighted by Crippen LogP contribution is 2.27. The first kappa shape index (κ1) is 23.8. The predicted octanol–water partition coefficient (Wildman–Crippen LogP) is 2.57. The van der Waals surface area contributed by atoms with Gasteiger partial charge in [0.15, 0.2) is 17.5 Å². The van der Waals surface area contributed by atoms with Crippen molar-refractivity contribution in [3.05, 3.63) is 23.8 Å². The molecule has 0 radical (unpaired) electrons. The second-order valence-corrected chi connectivity index (χ2v) is 6.21. The van der Waals surface area contributed by atoms with E-state index in [-0.39, 0.29) is 36.1 Å². The van der Waals surface area contributed by atoms with Crippen LogP contribution in [-0.2, 0) is 16.0 Å². The Morgan fingerprint density at radius 2 is 2.19 bits per heavy atom. The average molecular weight is 493 g/mol. The predicted molar refractivity (Wildman–Crippen MR) is 118 cm³/mol. The van der Waals surface area contributed by atoms with Gasteiger partial charge < -0.3 is 29.6 Å². The van der Waals surface area contributed by atoms with Crippen molar-refractivity contribution < 1.29 is 18.9 Å². The highest BCUT2D eigenvalue weighted by molar-refractivity contribution is 14.0. The molecule has 8 heteroatoms. The van der Waals surface area contributed by atoms with Crippen molar-refractivity contribution in [3.8, 4) is 11.5 Å². The van der Waals surface area contributed by atoms with Crippen molar-refractivity contribution in [2.24, 2.45) is 4.99 Å². The van der Waals surface area contributed by atoms with Crippen LogP contribution >= 0.6 is 24.0 Å². The molecule has 0 bridgehead atoms. The van der Waals surface area contributed by atoms with Gasteiger partial charge in [0.2, 0.25) is 0 Å². The number of rotatable bonds is 9. The quantitative estimate of drug-likeness (QED) is 0.313. The minimum atomic E-state index is 0. The van der Waals surface area contributed by atoms with Gasteiger partial charge in [0.1, 0.15) is 0 Å². The lowest BCUT2D eigenvalue weighted by Crippen LogP contribution is -2.44. The lowest BCUT2D eigenvalue weighted by molar-refractivity contribution is 0.0347. The lowest BCUT2D eigenvalue weighted by Gasteiger charge is -2.20. The molecule has 0 saturated carbocycles. The zero-order valence-electron chi connectivity index (χ0n) is 16.6. The van der Waals surface area contributed by atoms with E-state index in [9.17, 15) is 0 Å². The number of benzene rings is 1. The van der Waals surface area contributed by atoms with Crippen LogP contribution in [0.3, 0.4) is 0 Å².